The summed E-state index contributed by atoms with van der Waals surface area (Å²) in [5.74, 6) is -0.708. The van der Waals surface area contributed by atoms with E-state index in [-0.39, 0.29) is 24.3 Å². The van der Waals surface area contributed by atoms with Crippen LogP contribution in [0.3, 0.4) is 0 Å². The number of oxime groups is 1. The molecule has 19 heavy (non-hydrogen) atoms. The molecular weight excluding hydrogens is 248 g/mol. The normalized spacial score (nSPS) is 19.8. The van der Waals surface area contributed by atoms with Crippen LogP contribution in [0.1, 0.15) is 13.8 Å². The van der Waals surface area contributed by atoms with Crippen molar-refractivity contribution in [2.24, 2.45) is 22.7 Å². The molecule has 1 aliphatic heterocycles. The summed E-state index contributed by atoms with van der Waals surface area (Å²) < 4.78 is 0. The average molecular weight is 272 g/mol. The van der Waals surface area contributed by atoms with Gasteiger partial charge < -0.3 is 20.9 Å². The van der Waals surface area contributed by atoms with E-state index in [0.29, 0.717) is 19.6 Å². The molecule has 1 aliphatic rings. The second kappa shape index (κ2) is 7.30. The van der Waals surface area contributed by atoms with Gasteiger partial charge in [-0.05, 0) is 5.92 Å². The van der Waals surface area contributed by atoms with Gasteiger partial charge in [0.1, 0.15) is 5.92 Å². The standard InChI is InChI=1S/C12H24N4O3/c1-9(2)10(11(13)14-19)12(18)16-5-3-15(4-6-16)7-8-17/h9-10,17,19H,3-8H2,1-2H3,(H2,13,14). The van der Waals surface area contributed by atoms with Gasteiger partial charge in [-0.3, -0.25) is 9.69 Å². The van der Waals surface area contributed by atoms with E-state index < -0.39 is 5.92 Å². The first-order valence-corrected chi connectivity index (χ1v) is 6.60. The van der Waals surface area contributed by atoms with Gasteiger partial charge in [0.25, 0.3) is 0 Å². The van der Waals surface area contributed by atoms with Gasteiger partial charge in [-0.15, -0.1) is 0 Å². The van der Waals surface area contributed by atoms with Gasteiger partial charge in [0.15, 0.2) is 5.84 Å². The Labute approximate surface area is 113 Å². The third-order valence-corrected chi connectivity index (χ3v) is 3.47. The van der Waals surface area contributed by atoms with Crippen LogP contribution in [0.5, 0.6) is 0 Å². The predicted molar refractivity (Wildman–Crippen MR) is 71.8 cm³/mol. The average Bonchev–Trinajstić information content (AvgIpc) is 2.39. The van der Waals surface area contributed by atoms with Crippen LogP contribution in [0.2, 0.25) is 0 Å². The van der Waals surface area contributed by atoms with Crippen molar-refractivity contribution in [3.8, 4) is 0 Å². The summed E-state index contributed by atoms with van der Waals surface area (Å²) in [5, 5.41) is 20.6. The number of nitrogens with two attached hydrogens (primary N) is 1. The summed E-state index contributed by atoms with van der Waals surface area (Å²) in [5.41, 5.74) is 5.61. The highest BCUT2D eigenvalue weighted by Gasteiger charge is 2.32. The number of hydrogen-bond acceptors (Lipinski definition) is 5. The minimum Gasteiger partial charge on any atom is -0.409 e. The largest absolute Gasteiger partial charge is 0.409 e. The maximum Gasteiger partial charge on any atom is 0.233 e. The zero-order valence-electron chi connectivity index (χ0n) is 11.6. The fourth-order valence-electron chi connectivity index (χ4n) is 2.35. The molecule has 7 heteroatoms. The maximum atomic E-state index is 12.4. The third-order valence-electron chi connectivity index (χ3n) is 3.47. The van der Waals surface area contributed by atoms with Gasteiger partial charge in [0.05, 0.1) is 6.61 Å². The number of piperazine rings is 1. The lowest BCUT2D eigenvalue weighted by atomic mass is 9.93. The van der Waals surface area contributed by atoms with Gasteiger partial charge in [0.2, 0.25) is 5.91 Å². The predicted octanol–water partition coefficient (Wildman–Crippen LogP) is -0.858. The van der Waals surface area contributed by atoms with Crippen molar-refractivity contribution in [3.05, 3.63) is 0 Å². The van der Waals surface area contributed by atoms with E-state index in [1.54, 1.807) is 4.90 Å². The Balaban J connectivity index is 2.62. The van der Waals surface area contributed by atoms with E-state index in [4.69, 9.17) is 16.0 Å². The molecule has 1 rings (SSSR count). The summed E-state index contributed by atoms with van der Waals surface area (Å²) >= 11 is 0. The Kier molecular flexibility index (Phi) is 6.04. The molecule has 110 valence electrons. The van der Waals surface area contributed by atoms with E-state index in [1.807, 2.05) is 13.8 Å². The Bertz CT molecular complexity index is 325. The first-order valence-electron chi connectivity index (χ1n) is 6.60. The second-order valence-electron chi connectivity index (χ2n) is 5.14. The number of β-amino-alcohol motifs (C(OH)–C–C–N with tert-alkyl or cyclic N) is 1. The third kappa shape index (κ3) is 4.07. The molecular formula is C12H24N4O3. The van der Waals surface area contributed by atoms with Crippen molar-refractivity contribution in [3.63, 3.8) is 0 Å². The van der Waals surface area contributed by atoms with Crippen LogP contribution < -0.4 is 5.73 Å². The van der Waals surface area contributed by atoms with Crippen molar-refractivity contribution >= 4 is 11.7 Å². The highest BCUT2D eigenvalue weighted by atomic mass is 16.4. The van der Waals surface area contributed by atoms with Crippen molar-refractivity contribution in [1.29, 1.82) is 0 Å². The van der Waals surface area contributed by atoms with Crippen LogP contribution in [0, 0.1) is 11.8 Å². The molecule has 7 nitrogen and oxygen atoms in total. The molecule has 4 N–H and O–H groups in total. The van der Waals surface area contributed by atoms with Crippen molar-refractivity contribution < 1.29 is 15.1 Å². The number of carbonyl (C=O) groups excluding carboxylic acids is 1. The zero-order valence-corrected chi connectivity index (χ0v) is 11.6. The fourth-order valence-corrected chi connectivity index (χ4v) is 2.35. The fraction of sp³-hybridized carbons (Fsp3) is 0.833. The number of rotatable bonds is 5. The number of nitrogens with zero attached hydrogens (tertiary/aromatic N) is 3. The molecule has 1 unspecified atom stereocenters. The van der Waals surface area contributed by atoms with Crippen LogP contribution in [0.25, 0.3) is 0 Å². The summed E-state index contributed by atoms with van der Waals surface area (Å²) in [6.07, 6.45) is 0. The molecule has 0 aliphatic carbocycles. The van der Waals surface area contributed by atoms with Crippen LogP contribution in [0.4, 0.5) is 0 Å². The number of aliphatic hydroxyl groups is 1. The van der Waals surface area contributed by atoms with Crippen LogP contribution in [-0.4, -0.2) is 71.2 Å². The quantitative estimate of drug-likeness (QED) is 0.262. The Morgan fingerprint density at radius 3 is 2.32 bits per heavy atom. The van der Waals surface area contributed by atoms with Gasteiger partial charge in [-0.2, -0.15) is 0 Å². The maximum absolute atomic E-state index is 12.4. The number of amides is 1. The number of aliphatic hydroxyl groups excluding tert-OH is 1. The summed E-state index contributed by atoms with van der Waals surface area (Å²) in [7, 11) is 0. The van der Waals surface area contributed by atoms with Crippen LogP contribution in [-0.2, 0) is 4.79 Å². The lowest BCUT2D eigenvalue weighted by Crippen LogP contribution is -2.53. The minimum absolute atomic E-state index is 0.0149. The van der Waals surface area contributed by atoms with E-state index >= 15 is 0 Å². The van der Waals surface area contributed by atoms with Gasteiger partial charge in [-0.1, -0.05) is 19.0 Å². The molecule has 1 atom stereocenters. The zero-order chi connectivity index (χ0) is 14.4. The van der Waals surface area contributed by atoms with Crippen LogP contribution in [0.15, 0.2) is 5.16 Å². The topological polar surface area (TPSA) is 102 Å². The number of carbonyl (C=O) groups is 1. The second-order valence-corrected chi connectivity index (χ2v) is 5.14. The summed E-state index contributed by atoms with van der Waals surface area (Å²) in [6.45, 7) is 7.23. The van der Waals surface area contributed by atoms with Gasteiger partial charge >= 0.3 is 0 Å². The number of hydrogen-bond donors (Lipinski definition) is 3. The highest BCUT2D eigenvalue weighted by Crippen LogP contribution is 2.16. The van der Waals surface area contributed by atoms with Crippen LogP contribution >= 0.6 is 0 Å². The van der Waals surface area contributed by atoms with E-state index in [0.717, 1.165) is 13.1 Å². The lowest BCUT2D eigenvalue weighted by Gasteiger charge is -2.36. The molecule has 0 aromatic rings. The monoisotopic (exact) mass is 272 g/mol. The molecule has 1 amide bonds. The van der Waals surface area contributed by atoms with E-state index in [9.17, 15) is 4.79 Å². The number of amidine groups is 1. The van der Waals surface area contributed by atoms with E-state index in [2.05, 4.69) is 10.1 Å². The van der Waals surface area contributed by atoms with Crippen molar-refractivity contribution in [1.82, 2.24) is 9.80 Å². The molecule has 0 aromatic carbocycles. The first kappa shape index (κ1) is 15.7. The summed E-state index contributed by atoms with van der Waals surface area (Å²) in [6, 6.07) is 0. The Morgan fingerprint density at radius 1 is 1.32 bits per heavy atom. The highest BCUT2D eigenvalue weighted by molar-refractivity contribution is 6.02. The molecule has 0 aromatic heterocycles. The van der Waals surface area contributed by atoms with Gasteiger partial charge in [-0.25, -0.2) is 0 Å². The van der Waals surface area contributed by atoms with E-state index in [1.165, 1.54) is 0 Å². The molecule has 0 saturated carbocycles. The minimum atomic E-state index is -0.575. The molecule has 1 heterocycles. The van der Waals surface area contributed by atoms with Crippen molar-refractivity contribution in [2.75, 3.05) is 39.3 Å². The lowest BCUT2D eigenvalue weighted by molar-refractivity contribution is -0.136. The Hall–Kier alpha value is -1.34. The Morgan fingerprint density at radius 2 is 1.89 bits per heavy atom. The molecule has 1 fully saturated rings. The molecule has 1 saturated heterocycles. The molecule has 0 bridgehead atoms. The SMILES string of the molecule is CC(C)C(C(=O)N1CCN(CCO)CC1)C(N)=NO. The smallest absolute Gasteiger partial charge is 0.233 e. The molecule has 0 spiro atoms. The van der Waals surface area contributed by atoms with Gasteiger partial charge in [0, 0.05) is 32.7 Å². The summed E-state index contributed by atoms with van der Waals surface area (Å²) in [4.78, 5) is 16.2. The first-order chi connectivity index (χ1) is 9.01. The molecule has 0 radical (unpaired) electrons. The van der Waals surface area contributed by atoms with Crippen molar-refractivity contribution in [2.45, 2.75) is 13.8 Å².